The monoisotopic (exact) mass is 337 g/mol. The molecule has 3 aromatic rings. The Morgan fingerprint density at radius 2 is 1.76 bits per heavy atom. The zero-order valence-corrected chi connectivity index (χ0v) is 15.8. The molecule has 0 aliphatic carbocycles. The highest BCUT2D eigenvalue weighted by atomic mass is 15.3. The molecule has 0 spiro atoms. The molecule has 0 saturated heterocycles. The highest BCUT2D eigenvalue weighted by Gasteiger charge is 2.18. The summed E-state index contributed by atoms with van der Waals surface area (Å²) in [6.07, 6.45) is 3.54. The molecule has 0 aliphatic heterocycles. The van der Waals surface area contributed by atoms with Gasteiger partial charge in [0, 0.05) is 13.1 Å². The first-order chi connectivity index (χ1) is 12.0. The topological polar surface area (TPSA) is 46.8 Å². The second-order valence-electron chi connectivity index (χ2n) is 7.52. The first kappa shape index (κ1) is 17.4. The van der Waals surface area contributed by atoms with Crippen LogP contribution in [0.15, 0.2) is 36.8 Å². The molecule has 25 heavy (non-hydrogen) atoms. The molecular weight excluding hydrogens is 310 g/mol. The van der Waals surface area contributed by atoms with E-state index in [4.69, 9.17) is 0 Å². The lowest BCUT2D eigenvalue weighted by Gasteiger charge is -2.27. The minimum atomic E-state index is 0.565. The number of anilines is 1. The number of fused-ring (bicyclic) bond motifs is 1. The molecule has 0 saturated carbocycles. The van der Waals surface area contributed by atoms with Crippen molar-refractivity contribution in [2.75, 3.05) is 18.0 Å². The number of nitrogens with zero attached hydrogens (tertiary/aromatic N) is 5. The molecule has 1 aromatic carbocycles. The van der Waals surface area contributed by atoms with Crippen LogP contribution < -0.4 is 4.90 Å². The Hall–Kier alpha value is -2.43. The molecule has 0 radical (unpaired) electrons. The standard InChI is InChI=1S/C20H27N5/c1-14(2)11-24(12-15(3)4)19-18-10-23-25(20(18)22-13-21-19)17-8-6-7-16(5)9-17/h6-10,13-15H,11-12H2,1-5H3. The quantitative estimate of drug-likeness (QED) is 0.675. The van der Waals surface area contributed by atoms with Crippen LogP contribution in [0.25, 0.3) is 16.7 Å². The Bertz CT molecular complexity index is 840. The fraction of sp³-hybridized carbons (Fsp3) is 0.450. The van der Waals surface area contributed by atoms with Gasteiger partial charge in [0.2, 0.25) is 0 Å². The van der Waals surface area contributed by atoms with Gasteiger partial charge in [0.05, 0.1) is 17.3 Å². The summed E-state index contributed by atoms with van der Waals surface area (Å²) in [5.74, 6) is 2.11. The largest absolute Gasteiger partial charge is 0.355 e. The number of aromatic nitrogens is 4. The maximum Gasteiger partial charge on any atom is 0.168 e. The van der Waals surface area contributed by atoms with E-state index >= 15 is 0 Å². The summed E-state index contributed by atoms with van der Waals surface area (Å²) < 4.78 is 1.90. The van der Waals surface area contributed by atoms with Crippen LogP contribution in [0.2, 0.25) is 0 Å². The minimum Gasteiger partial charge on any atom is -0.355 e. The van der Waals surface area contributed by atoms with Crippen molar-refractivity contribution in [1.29, 1.82) is 0 Å². The van der Waals surface area contributed by atoms with Crippen molar-refractivity contribution in [3.63, 3.8) is 0 Å². The molecule has 5 heteroatoms. The van der Waals surface area contributed by atoms with Gasteiger partial charge in [0.15, 0.2) is 5.65 Å². The first-order valence-corrected chi connectivity index (χ1v) is 8.96. The third-order valence-electron chi connectivity index (χ3n) is 4.06. The zero-order chi connectivity index (χ0) is 18.0. The van der Waals surface area contributed by atoms with Crippen LogP contribution in [-0.4, -0.2) is 32.8 Å². The van der Waals surface area contributed by atoms with Gasteiger partial charge in [-0.15, -0.1) is 0 Å². The highest BCUT2D eigenvalue weighted by Crippen LogP contribution is 2.26. The number of hydrogen-bond donors (Lipinski definition) is 0. The van der Waals surface area contributed by atoms with E-state index in [-0.39, 0.29) is 0 Å². The van der Waals surface area contributed by atoms with Crippen LogP contribution in [-0.2, 0) is 0 Å². The van der Waals surface area contributed by atoms with E-state index in [0.29, 0.717) is 11.8 Å². The molecular formula is C20H27N5. The van der Waals surface area contributed by atoms with Crippen LogP contribution in [0, 0.1) is 18.8 Å². The van der Waals surface area contributed by atoms with Crippen molar-refractivity contribution in [3.8, 4) is 5.69 Å². The van der Waals surface area contributed by atoms with Crippen LogP contribution in [0.3, 0.4) is 0 Å². The minimum absolute atomic E-state index is 0.565. The van der Waals surface area contributed by atoms with Gasteiger partial charge in [-0.25, -0.2) is 14.6 Å². The molecule has 5 nitrogen and oxygen atoms in total. The SMILES string of the molecule is Cc1cccc(-n2ncc3c(N(CC(C)C)CC(C)C)ncnc32)c1. The van der Waals surface area contributed by atoms with Crippen molar-refractivity contribution in [2.45, 2.75) is 34.6 Å². The van der Waals surface area contributed by atoms with Crippen molar-refractivity contribution >= 4 is 16.9 Å². The van der Waals surface area contributed by atoms with E-state index in [9.17, 15) is 0 Å². The number of benzene rings is 1. The summed E-state index contributed by atoms with van der Waals surface area (Å²) in [5, 5.41) is 5.60. The van der Waals surface area contributed by atoms with Gasteiger partial charge >= 0.3 is 0 Å². The molecule has 0 atom stereocenters. The molecule has 2 aromatic heterocycles. The van der Waals surface area contributed by atoms with Crippen molar-refractivity contribution in [2.24, 2.45) is 11.8 Å². The molecule has 0 unspecified atom stereocenters. The molecule has 0 amide bonds. The summed E-state index contributed by atoms with van der Waals surface area (Å²) in [7, 11) is 0. The highest BCUT2D eigenvalue weighted by molar-refractivity contribution is 5.87. The van der Waals surface area contributed by atoms with Crippen LogP contribution in [0.5, 0.6) is 0 Å². The average molecular weight is 337 g/mol. The van der Waals surface area contributed by atoms with E-state index in [1.54, 1.807) is 6.33 Å². The Balaban J connectivity index is 2.08. The summed E-state index contributed by atoms with van der Waals surface area (Å²) in [4.78, 5) is 11.5. The Morgan fingerprint density at radius 3 is 2.40 bits per heavy atom. The van der Waals surface area contributed by atoms with Gasteiger partial charge in [-0.3, -0.25) is 0 Å². The Kier molecular flexibility index (Phi) is 5.02. The summed E-state index contributed by atoms with van der Waals surface area (Å²) in [5.41, 5.74) is 3.09. The lowest BCUT2D eigenvalue weighted by atomic mass is 10.1. The van der Waals surface area contributed by atoms with Gasteiger partial charge in [-0.05, 0) is 36.5 Å². The molecule has 0 fully saturated rings. The third kappa shape index (κ3) is 3.81. The third-order valence-corrected chi connectivity index (χ3v) is 4.06. The van der Waals surface area contributed by atoms with Gasteiger partial charge < -0.3 is 4.90 Å². The maximum atomic E-state index is 4.60. The number of aryl methyl sites for hydroxylation is 1. The molecule has 2 heterocycles. The lowest BCUT2D eigenvalue weighted by molar-refractivity contribution is 0.550. The summed E-state index contributed by atoms with van der Waals surface area (Å²) >= 11 is 0. The van der Waals surface area contributed by atoms with Gasteiger partial charge in [0.25, 0.3) is 0 Å². The van der Waals surface area contributed by atoms with Crippen molar-refractivity contribution < 1.29 is 0 Å². The molecule has 0 N–H and O–H groups in total. The van der Waals surface area contributed by atoms with E-state index < -0.39 is 0 Å². The van der Waals surface area contributed by atoms with Crippen LogP contribution in [0.1, 0.15) is 33.3 Å². The molecule has 0 bridgehead atoms. The molecule has 3 rings (SSSR count). The maximum absolute atomic E-state index is 4.60. The van der Waals surface area contributed by atoms with E-state index in [2.05, 4.69) is 72.8 Å². The predicted molar refractivity (Wildman–Crippen MR) is 103 cm³/mol. The zero-order valence-electron chi connectivity index (χ0n) is 15.8. The normalized spacial score (nSPS) is 11.6. The van der Waals surface area contributed by atoms with Crippen LogP contribution in [0.4, 0.5) is 5.82 Å². The fourth-order valence-electron chi connectivity index (χ4n) is 3.16. The first-order valence-electron chi connectivity index (χ1n) is 8.96. The number of rotatable bonds is 6. The average Bonchev–Trinajstić information content (AvgIpc) is 2.97. The van der Waals surface area contributed by atoms with Gasteiger partial charge in [0.1, 0.15) is 12.1 Å². The van der Waals surface area contributed by atoms with E-state index in [1.165, 1.54) is 5.56 Å². The van der Waals surface area contributed by atoms with E-state index in [0.717, 1.165) is 35.6 Å². The van der Waals surface area contributed by atoms with Gasteiger partial charge in [-0.2, -0.15) is 5.10 Å². The lowest BCUT2D eigenvalue weighted by Crippen LogP contribution is -2.32. The van der Waals surface area contributed by atoms with Crippen molar-refractivity contribution in [3.05, 3.63) is 42.4 Å². The fourth-order valence-corrected chi connectivity index (χ4v) is 3.16. The molecule has 132 valence electrons. The summed E-state index contributed by atoms with van der Waals surface area (Å²) in [6.45, 7) is 13.0. The van der Waals surface area contributed by atoms with Crippen molar-refractivity contribution in [1.82, 2.24) is 19.7 Å². The Labute approximate surface area is 149 Å². The van der Waals surface area contributed by atoms with Crippen LogP contribution >= 0.6 is 0 Å². The smallest absolute Gasteiger partial charge is 0.168 e. The second kappa shape index (κ2) is 7.21. The molecule has 0 aliphatic rings. The summed E-state index contributed by atoms with van der Waals surface area (Å²) in [6, 6.07) is 8.31. The van der Waals surface area contributed by atoms with E-state index in [1.807, 2.05) is 16.9 Å². The predicted octanol–water partition coefficient (Wildman–Crippen LogP) is 4.24. The second-order valence-corrected chi connectivity index (χ2v) is 7.52. The van der Waals surface area contributed by atoms with Gasteiger partial charge in [-0.1, -0.05) is 39.8 Å². The Morgan fingerprint density at radius 1 is 1.04 bits per heavy atom. The number of hydrogen-bond acceptors (Lipinski definition) is 4.